The van der Waals surface area contributed by atoms with E-state index in [9.17, 15) is 8.42 Å². The highest BCUT2D eigenvalue weighted by molar-refractivity contribution is 7.91. The molecular weight excluding hydrogens is 284 g/mol. The summed E-state index contributed by atoms with van der Waals surface area (Å²) >= 11 is 6.28. The molecule has 2 rings (SSSR count). The molecule has 2 N–H and O–H groups in total. The summed E-state index contributed by atoms with van der Waals surface area (Å²) in [5.74, 6) is 0.456. The molecule has 0 amide bonds. The molecule has 0 bridgehead atoms. The summed E-state index contributed by atoms with van der Waals surface area (Å²) in [6.07, 6.45) is 0.647. The third kappa shape index (κ3) is 3.61. The fourth-order valence-electron chi connectivity index (χ4n) is 2.24. The van der Waals surface area contributed by atoms with E-state index in [2.05, 4.69) is 0 Å². The van der Waals surface area contributed by atoms with Gasteiger partial charge in [-0.3, -0.25) is 0 Å². The van der Waals surface area contributed by atoms with Gasteiger partial charge in [0.05, 0.1) is 22.2 Å². The molecule has 1 aromatic carbocycles. The Morgan fingerprint density at radius 3 is 2.68 bits per heavy atom. The van der Waals surface area contributed by atoms with Crippen LogP contribution in [0.5, 0.6) is 0 Å². The zero-order chi connectivity index (χ0) is 14.0. The summed E-state index contributed by atoms with van der Waals surface area (Å²) in [5, 5.41) is 0.633. The molecule has 1 aliphatic rings. The Kier molecular flexibility index (Phi) is 4.38. The summed E-state index contributed by atoms with van der Waals surface area (Å²) in [6.45, 7) is 3.12. The Hall–Kier alpha value is -0.780. The first kappa shape index (κ1) is 14.6. The molecule has 1 heterocycles. The molecule has 0 aliphatic carbocycles. The Morgan fingerprint density at radius 2 is 2.05 bits per heavy atom. The Morgan fingerprint density at radius 1 is 1.32 bits per heavy atom. The minimum Gasteiger partial charge on any atom is -0.369 e. The van der Waals surface area contributed by atoms with Crippen LogP contribution in [-0.2, 0) is 9.84 Å². The molecule has 6 heteroatoms. The third-order valence-electron chi connectivity index (χ3n) is 3.39. The fourth-order valence-corrected chi connectivity index (χ4v) is 3.82. The molecule has 0 aromatic heterocycles. The molecule has 0 unspecified atom stereocenters. The number of rotatable bonds is 2. The Labute approximate surface area is 119 Å². The first-order chi connectivity index (χ1) is 8.89. The van der Waals surface area contributed by atoms with E-state index in [4.69, 9.17) is 17.3 Å². The van der Waals surface area contributed by atoms with Crippen LogP contribution in [0.15, 0.2) is 18.2 Å². The first-order valence-electron chi connectivity index (χ1n) is 6.39. The van der Waals surface area contributed by atoms with Crippen molar-refractivity contribution in [2.75, 3.05) is 29.5 Å². The van der Waals surface area contributed by atoms with Crippen molar-refractivity contribution >= 4 is 27.1 Å². The second-order valence-corrected chi connectivity index (χ2v) is 7.70. The standard InChI is InChI=1S/C13H19ClN2O2S/c1-10(15)11-3-4-13(12(14)9-11)16-5-2-7-19(17,18)8-6-16/h3-4,9-10H,2,5-8,15H2,1H3/t10-/m0/s1. The molecule has 1 atom stereocenters. The van der Waals surface area contributed by atoms with E-state index in [0.717, 1.165) is 17.8 Å². The predicted octanol–water partition coefficient (Wildman–Crippen LogP) is 1.98. The molecule has 0 radical (unpaired) electrons. The molecule has 106 valence electrons. The van der Waals surface area contributed by atoms with Crippen molar-refractivity contribution in [2.24, 2.45) is 5.73 Å². The molecule has 1 aromatic rings. The van der Waals surface area contributed by atoms with Crippen molar-refractivity contribution in [1.29, 1.82) is 0 Å². The second kappa shape index (κ2) is 5.69. The summed E-state index contributed by atoms with van der Waals surface area (Å²) in [5.41, 5.74) is 7.69. The van der Waals surface area contributed by atoms with Crippen LogP contribution in [0.4, 0.5) is 5.69 Å². The van der Waals surface area contributed by atoms with Gasteiger partial charge in [0.1, 0.15) is 0 Å². The third-order valence-corrected chi connectivity index (χ3v) is 5.41. The van der Waals surface area contributed by atoms with Gasteiger partial charge in [-0.15, -0.1) is 0 Å². The lowest BCUT2D eigenvalue weighted by molar-refractivity contribution is 0.597. The maximum atomic E-state index is 11.6. The minimum absolute atomic E-state index is 0.0592. The van der Waals surface area contributed by atoms with Gasteiger partial charge >= 0.3 is 0 Å². The van der Waals surface area contributed by atoms with Gasteiger partial charge < -0.3 is 10.6 Å². The molecule has 1 saturated heterocycles. The van der Waals surface area contributed by atoms with Gasteiger partial charge in [0.2, 0.25) is 0 Å². The van der Waals surface area contributed by atoms with Crippen LogP contribution in [0, 0.1) is 0 Å². The molecule has 4 nitrogen and oxygen atoms in total. The Bertz CT molecular complexity index is 558. The maximum Gasteiger partial charge on any atom is 0.152 e. The summed E-state index contributed by atoms with van der Waals surface area (Å²) in [6, 6.07) is 5.68. The van der Waals surface area contributed by atoms with Gasteiger partial charge in [-0.1, -0.05) is 17.7 Å². The molecule has 1 fully saturated rings. The van der Waals surface area contributed by atoms with Crippen LogP contribution in [0.3, 0.4) is 0 Å². The van der Waals surface area contributed by atoms with Gasteiger partial charge in [0.25, 0.3) is 0 Å². The lowest BCUT2D eigenvalue weighted by atomic mass is 10.1. The van der Waals surface area contributed by atoms with Crippen molar-refractivity contribution in [3.8, 4) is 0 Å². The maximum absolute atomic E-state index is 11.6. The summed E-state index contributed by atoms with van der Waals surface area (Å²) in [7, 11) is -2.90. The van der Waals surface area contributed by atoms with Gasteiger partial charge in [-0.2, -0.15) is 0 Å². The number of nitrogens with zero attached hydrogens (tertiary/aromatic N) is 1. The number of hydrogen-bond donors (Lipinski definition) is 1. The lowest BCUT2D eigenvalue weighted by Crippen LogP contribution is -2.27. The average Bonchev–Trinajstić information content (AvgIpc) is 2.50. The van der Waals surface area contributed by atoms with Gasteiger partial charge in [-0.05, 0) is 31.0 Å². The topological polar surface area (TPSA) is 63.4 Å². The fraction of sp³-hybridized carbons (Fsp3) is 0.538. The molecule has 19 heavy (non-hydrogen) atoms. The SMILES string of the molecule is C[C@H](N)c1ccc(N2CCCS(=O)(=O)CC2)c(Cl)c1. The smallest absolute Gasteiger partial charge is 0.152 e. The highest BCUT2D eigenvalue weighted by Gasteiger charge is 2.20. The van der Waals surface area contributed by atoms with E-state index >= 15 is 0 Å². The average molecular weight is 303 g/mol. The van der Waals surface area contributed by atoms with Gasteiger partial charge in [0.15, 0.2) is 9.84 Å². The van der Waals surface area contributed by atoms with Crippen LogP contribution < -0.4 is 10.6 Å². The number of sulfone groups is 1. The van der Waals surface area contributed by atoms with Gasteiger partial charge in [0, 0.05) is 19.1 Å². The first-order valence-corrected chi connectivity index (χ1v) is 8.59. The van der Waals surface area contributed by atoms with Crippen LogP contribution >= 0.6 is 11.6 Å². The minimum atomic E-state index is -2.90. The second-order valence-electron chi connectivity index (χ2n) is 4.99. The number of benzene rings is 1. The van der Waals surface area contributed by atoms with Gasteiger partial charge in [-0.25, -0.2) is 8.42 Å². The van der Waals surface area contributed by atoms with Crippen molar-refractivity contribution in [1.82, 2.24) is 0 Å². The zero-order valence-electron chi connectivity index (χ0n) is 11.0. The normalized spacial score (nSPS) is 20.9. The van der Waals surface area contributed by atoms with Crippen LogP contribution in [-0.4, -0.2) is 33.0 Å². The van der Waals surface area contributed by atoms with Crippen molar-refractivity contribution in [2.45, 2.75) is 19.4 Å². The van der Waals surface area contributed by atoms with Crippen molar-refractivity contribution in [3.05, 3.63) is 28.8 Å². The number of nitrogens with two attached hydrogens (primary N) is 1. The van der Waals surface area contributed by atoms with Crippen LogP contribution in [0.25, 0.3) is 0 Å². The molecule has 0 saturated carbocycles. The molecule has 0 spiro atoms. The molecule has 1 aliphatic heterocycles. The predicted molar refractivity (Wildman–Crippen MR) is 79.5 cm³/mol. The van der Waals surface area contributed by atoms with Crippen LogP contribution in [0.1, 0.15) is 24.9 Å². The van der Waals surface area contributed by atoms with E-state index in [1.807, 2.05) is 30.0 Å². The quantitative estimate of drug-likeness (QED) is 0.907. The van der Waals surface area contributed by atoms with E-state index in [1.54, 1.807) is 0 Å². The highest BCUT2D eigenvalue weighted by Crippen LogP contribution is 2.29. The van der Waals surface area contributed by atoms with Crippen LogP contribution in [0.2, 0.25) is 5.02 Å². The number of halogens is 1. The number of anilines is 1. The number of hydrogen-bond acceptors (Lipinski definition) is 4. The largest absolute Gasteiger partial charge is 0.369 e. The van der Waals surface area contributed by atoms with E-state index < -0.39 is 9.84 Å². The lowest BCUT2D eigenvalue weighted by Gasteiger charge is -2.24. The Balaban J connectivity index is 2.22. The summed E-state index contributed by atoms with van der Waals surface area (Å²) in [4.78, 5) is 2.04. The molecular formula is C13H19ClN2O2S. The summed E-state index contributed by atoms with van der Waals surface area (Å²) < 4.78 is 23.2. The van der Waals surface area contributed by atoms with Crippen molar-refractivity contribution < 1.29 is 8.42 Å². The van der Waals surface area contributed by atoms with E-state index in [-0.39, 0.29) is 17.5 Å². The van der Waals surface area contributed by atoms with Crippen molar-refractivity contribution in [3.63, 3.8) is 0 Å². The highest BCUT2D eigenvalue weighted by atomic mass is 35.5. The van der Waals surface area contributed by atoms with E-state index in [1.165, 1.54) is 0 Å². The monoisotopic (exact) mass is 302 g/mol. The zero-order valence-corrected chi connectivity index (χ0v) is 12.5. The van der Waals surface area contributed by atoms with E-state index in [0.29, 0.717) is 18.0 Å².